The third kappa shape index (κ3) is 6.05. The van der Waals surface area contributed by atoms with Crippen LogP contribution in [0.5, 0.6) is 0 Å². The summed E-state index contributed by atoms with van der Waals surface area (Å²) in [7, 11) is -3.76. The number of hydrogen-bond acceptors (Lipinski definition) is 8. The molecule has 1 aliphatic heterocycles. The maximum absolute atomic E-state index is 12.8. The van der Waals surface area contributed by atoms with E-state index in [1.807, 2.05) is 4.90 Å². The monoisotopic (exact) mass is 511 g/mol. The van der Waals surface area contributed by atoms with Crippen molar-refractivity contribution in [3.63, 3.8) is 0 Å². The number of aromatic nitrogens is 3. The SMILES string of the molecule is CC(=O)N1CCN(C2CC(NS(=O)(=O)c3cnc(NCC(O)Cn4cccn4)c(Cl)c3)C2)CC1. The van der Waals surface area contributed by atoms with Crippen molar-refractivity contribution >= 4 is 33.3 Å². The molecule has 4 rings (SSSR count). The normalized spacial score (nSPS) is 22.3. The van der Waals surface area contributed by atoms with Crippen LogP contribution in [-0.2, 0) is 21.4 Å². The fraction of sp³-hybridized carbons (Fsp3) is 0.571. The standard InChI is InChI=1S/C21H30ClN7O4S/c1-15(30)27-5-7-28(8-6-27)17-9-16(10-17)26-34(32,33)19-11-20(22)21(24-13-19)23-12-18(31)14-29-4-2-3-25-29/h2-4,11,13,16-18,26,31H,5-10,12,14H2,1H3,(H,23,24). The molecule has 1 aliphatic carbocycles. The lowest BCUT2D eigenvalue weighted by atomic mass is 9.86. The fourth-order valence-corrected chi connectivity index (χ4v) is 5.80. The van der Waals surface area contributed by atoms with Crippen molar-refractivity contribution in [2.45, 2.75) is 49.4 Å². The fourth-order valence-electron chi connectivity index (χ4n) is 4.27. The summed E-state index contributed by atoms with van der Waals surface area (Å²) >= 11 is 6.25. The lowest BCUT2D eigenvalue weighted by Gasteiger charge is -2.46. The maximum Gasteiger partial charge on any atom is 0.242 e. The van der Waals surface area contributed by atoms with E-state index in [-0.39, 0.29) is 28.4 Å². The summed E-state index contributed by atoms with van der Waals surface area (Å²) in [5.74, 6) is 0.395. The van der Waals surface area contributed by atoms with Crippen LogP contribution >= 0.6 is 11.6 Å². The van der Waals surface area contributed by atoms with Gasteiger partial charge in [0, 0.05) is 70.3 Å². The molecule has 34 heavy (non-hydrogen) atoms. The van der Waals surface area contributed by atoms with Gasteiger partial charge >= 0.3 is 0 Å². The van der Waals surface area contributed by atoms with Gasteiger partial charge < -0.3 is 15.3 Å². The van der Waals surface area contributed by atoms with Crippen LogP contribution in [-0.4, -0.2) is 94.9 Å². The number of pyridine rings is 1. The van der Waals surface area contributed by atoms with Gasteiger partial charge in [-0.15, -0.1) is 0 Å². The molecule has 1 saturated heterocycles. The minimum absolute atomic E-state index is 0.00124. The first-order chi connectivity index (χ1) is 16.2. The van der Waals surface area contributed by atoms with Gasteiger partial charge in [-0.05, 0) is 25.0 Å². The highest BCUT2D eigenvalue weighted by Gasteiger charge is 2.37. The van der Waals surface area contributed by atoms with Crippen LogP contribution in [0.1, 0.15) is 19.8 Å². The number of rotatable bonds is 9. The van der Waals surface area contributed by atoms with Gasteiger partial charge in [-0.3, -0.25) is 14.4 Å². The molecular weight excluding hydrogens is 482 g/mol. The topological polar surface area (TPSA) is 133 Å². The molecule has 3 N–H and O–H groups in total. The highest BCUT2D eigenvalue weighted by atomic mass is 35.5. The molecule has 11 nitrogen and oxygen atoms in total. The molecule has 1 unspecified atom stereocenters. The number of halogens is 1. The van der Waals surface area contributed by atoms with E-state index in [0.717, 1.165) is 25.9 Å². The van der Waals surface area contributed by atoms with Crippen LogP contribution in [0, 0.1) is 0 Å². The van der Waals surface area contributed by atoms with Crippen molar-refractivity contribution in [1.29, 1.82) is 0 Å². The summed E-state index contributed by atoms with van der Waals surface area (Å²) in [5, 5.41) is 17.3. The summed E-state index contributed by atoms with van der Waals surface area (Å²) in [6.45, 7) is 5.13. The molecule has 0 aromatic carbocycles. The summed E-state index contributed by atoms with van der Waals surface area (Å²) < 4.78 is 30.0. The number of anilines is 1. The molecule has 2 aliphatic rings. The van der Waals surface area contributed by atoms with Crippen molar-refractivity contribution in [2.75, 3.05) is 38.0 Å². The van der Waals surface area contributed by atoms with Crippen LogP contribution in [0.2, 0.25) is 5.02 Å². The van der Waals surface area contributed by atoms with Gasteiger partial charge in [-0.25, -0.2) is 18.1 Å². The summed E-state index contributed by atoms with van der Waals surface area (Å²) in [5.41, 5.74) is 0. The van der Waals surface area contributed by atoms with E-state index in [2.05, 4.69) is 25.0 Å². The van der Waals surface area contributed by atoms with Gasteiger partial charge in [-0.2, -0.15) is 5.10 Å². The predicted octanol–water partition coefficient (Wildman–Crippen LogP) is 0.378. The highest BCUT2D eigenvalue weighted by molar-refractivity contribution is 7.89. The number of nitrogens with zero attached hydrogens (tertiary/aromatic N) is 5. The molecular formula is C21H30ClN7O4S. The predicted molar refractivity (Wildman–Crippen MR) is 127 cm³/mol. The molecule has 186 valence electrons. The van der Waals surface area contributed by atoms with Crippen LogP contribution in [0.3, 0.4) is 0 Å². The van der Waals surface area contributed by atoms with Crippen LogP contribution in [0.25, 0.3) is 0 Å². The summed E-state index contributed by atoms with van der Waals surface area (Å²) in [6, 6.07) is 3.31. The average molecular weight is 512 g/mol. The number of nitrogens with one attached hydrogen (secondary N) is 2. The van der Waals surface area contributed by atoms with E-state index in [4.69, 9.17) is 11.6 Å². The van der Waals surface area contributed by atoms with Crippen LogP contribution < -0.4 is 10.0 Å². The zero-order chi connectivity index (χ0) is 24.3. The zero-order valence-corrected chi connectivity index (χ0v) is 20.5. The Morgan fingerprint density at radius 2 is 2.03 bits per heavy atom. The molecule has 2 aromatic rings. The molecule has 1 atom stereocenters. The maximum atomic E-state index is 12.8. The molecule has 13 heteroatoms. The Balaban J connectivity index is 1.25. The second-order valence-corrected chi connectivity index (χ2v) is 10.9. The number of piperazine rings is 1. The van der Waals surface area contributed by atoms with E-state index < -0.39 is 16.1 Å². The second kappa shape index (κ2) is 10.6. The minimum atomic E-state index is -3.76. The van der Waals surface area contributed by atoms with Crippen molar-refractivity contribution in [2.24, 2.45) is 0 Å². The minimum Gasteiger partial charge on any atom is -0.389 e. The first kappa shape index (κ1) is 24.9. The lowest BCUT2D eigenvalue weighted by molar-refractivity contribution is -0.131. The molecule has 2 fully saturated rings. The Hall–Kier alpha value is -2.25. The zero-order valence-electron chi connectivity index (χ0n) is 19.0. The van der Waals surface area contributed by atoms with Gasteiger partial charge in [-0.1, -0.05) is 11.6 Å². The Kier molecular flexibility index (Phi) is 7.73. The van der Waals surface area contributed by atoms with E-state index >= 15 is 0 Å². The lowest BCUT2D eigenvalue weighted by Crippen LogP contribution is -2.58. The quantitative estimate of drug-likeness (QED) is 0.440. The highest BCUT2D eigenvalue weighted by Crippen LogP contribution is 2.29. The molecule has 1 amide bonds. The van der Waals surface area contributed by atoms with E-state index in [0.29, 0.717) is 31.5 Å². The van der Waals surface area contributed by atoms with Crippen molar-refractivity contribution < 1.29 is 18.3 Å². The third-order valence-electron chi connectivity index (χ3n) is 6.30. The number of aliphatic hydroxyl groups excluding tert-OH is 1. The van der Waals surface area contributed by atoms with Crippen molar-refractivity contribution in [3.8, 4) is 0 Å². The number of carbonyl (C=O) groups excluding carboxylic acids is 1. The summed E-state index contributed by atoms with van der Waals surface area (Å²) in [4.78, 5) is 19.8. The van der Waals surface area contributed by atoms with E-state index in [1.54, 1.807) is 30.1 Å². The van der Waals surface area contributed by atoms with Crippen LogP contribution in [0.4, 0.5) is 5.82 Å². The summed E-state index contributed by atoms with van der Waals surface area (Å²) in [6.07, 6.45) is 5.38. The molecule has 0 radical (unpaired) electrons. The third-order valence-corrected chi connectivity index (χ3v) is 8.08. The Bertz CT molecular complexity index is 1080. The number of aliphatic hydroxyl groups is 1. The van der Waals surface area contributed by atoms with Gasteiger partial charge in [0.25, 0.3) is 0 Å². The first-order valence-electron chi connectivity index (χ1n) is 11.3. The molecule has 1 saturated carbocycles. The molecule has 0 bridgehead atoms. The van der Waals surface area contributed by atoms with Gasteiger partial charge in [0.15, 0.2) is 0 Å². The average Bonchev–Trinajstić information content (AvgIpc) is 3.28. The number of sulfonamides is 1. The van der Waals surface area contributed by atoms with Gasteiger partial charge in [0.2, 0.25) is 15.9 Å². The van der Waals surface area contributed by atoms with Gasteiger partial charge in [0.1, 0.15) is 10.7 Å². The largest absolute Gasteiger partial charge is 0.389 e. The Morgan fingerprint density at radius 3 is 2.65 bits per heavy atom. The molecule has 0 spiro atoms. The Labute approximate surface area is 204 Å². The van der Waals surface area contributed by atoms with E-state index in [9.17, 15) is 18.3 Å². The van der Waals surface area contributed by atoms with Crippen molar-refractivity contribution in [1.82, 2.24) is 29.3 Å². The number of amides is 1. The second-order valence-electron chi connectivity index (χ2n) is 8.75. The first-order valence-corrected chi connectivity index (χ1v) is 13.1. The van der Waals surface area contributed by atoms with Gasteiger partial charge in [0.05, 0.1) is 17.7 Å². The smallest absolute Gasteiger partial charge is 0.242 e. The number of carbonyl (C=O) groups is 1. The molecule has 2 aromatic heterocycles. The van der Waals surface area contributed by atoms with Crippen LogP contribution in [0.15, 0.2) is 35.6 Å². The molecule has 3 heterocycles. The Morgan fingerprint density at radius 1 is 1.29 bits per heavy atom. The van der Waals surface area contributed by atoms with E-state index in [1.165, 1.54) is 12.3 Å². The van der Waals surface area contributed by atoms with Crippen molar-refractivity contribution in [3.05, 3.63) is 35.7 Å². The number of hydrogen-bond donors (Lipinski definition) is 3.